The van der Waals surface area contributed by atoms with Gasteiger partial charge in [-0.25, -0.2) is 9.59 Å². The van der Waals surface area contributed by atoms with Gasteiger partial charge in [0.1, 0.15) is 11.2 Å². The molecule has 3 saturated heterocycles. The molecule has 3 aliphatic heterocycles. The van der Waals surface area contributed by atoms with Gasteiger partial charge in [-0.2, -0.15) is 0 Å². The number of amides is 2. The molecule has 0 bridgehead atoms. The summed E-state index contributed by atoms with van der Waals surface area (Å²) >= 11 is 3.25. The molecule has 0 saturated carbocycles. The second-order valence-corrected chi connectivity index (χ2v) is 16.4. The quantitative estimate of drug-likeness (QED) is 0.209. The van der Waals surface area contributed by atoms with E-state index in [4.69, 9.17) is 15.2 Å². The van der Waals surface area contributed by atoms with Crippen LogP contribution in [0.25, 0.3) is 0 Å². The monoisotopic (exact) mass is 827 g/mol. The fraction of sp³-hybridized carbons (Fsp3) is 0.585. The van der Waals surface area contributed by atoms with Crippen molar-refractivity contribution in [3.05, 3.63) is 78.1 Å². The summed E-state index contributed by atoms with van der Waals surface area (Å²) in [5.41, 5.74) is 7.34. The van der Waals surface area contributed by atoms with Gasteiger partial charge < -0.3 is 41.0 Å². The van der Waals surface area contributed by atoms with Crippen LogP contribution < -0.4 is 31.5 Å². The van der Waals surface area contributed by atoms with Crippen molar-refractivity contribution in [2.45, 2.75) is 117 Å². The first-order valence-electron chi connectivity index (χ1n) is 19.0. The molecule has 6 heterocycles. The molecule has 0 spiro atoms. The van der Waals surface area contributed by atoms with Gasteiger partial charge in [0.25, 0.3) is 0 Å². The minimum absolute atomic E-state index is 0. The Morgan fingerprint density at radius 3 is 1.44 bits per heavy atom. The van der Waals surface area contributed by atoms with E-state index in [9.17, 15) is 9.59 Å². The summed E-state index contributed by atoms with van der Waals surface area (Å²) < 4.78 is 11.5. The van der Waals surface area contributed by atoms with Crippen molar-refractivity contribution in [3.8, 4) is 0 Å². The van der Waals surface area contributed by atoms with Gasteiger partial charge in [-0.15, -0.1) is 0 Å². The molecule has 14 heteroatoms. The van der Waals surface area contributed by atoms with Crippen molar-refractivity contribution in [2.24, 2.45) is 5.73 Å². The lowest BCUT2D eigenvalue weighted by Gasteiger charge is -2.34. The van der Waals surface area contributed by atoms with Gasteiger partial charge in [0, 0.05) is 73.6 Å². The highest BCUT2D eigenvalue weighted by atomic mass is 79.9. The topological polar surface area (TPSA) is 160 Å². The Morgan fingerprint density at radius 1 is 0.691 bits per heavy atom. The Balaban J connectivity index is 0.000000265. The van der Waals surface area contributed by atoms with Crippen molar-refractivity contribution in [3.63, 3.8) is 0 Å². The summed E-state index contributed by atoms with van der Waals surface area (Å²) in [7, 11) is 0. The normalized spacial score (nSPS) is 16.6. The van der Waals surface area contributed by atoms with Crippen LogP contribution in [0, 0.1) is 0 Å². The Kier molecular flexibility index (Phi) is 21.0. The van der Waals surface area contributed by atoms with Crippen LogP contribution in [0.2, 0.25) is 0 Å². The summed E-state index contributed by atoms with van der Waals surface area (Å²) in [6.45, 7) is 17.1. The maximum Gasteiger partial charge on any atom is 0.407 e. The second-order valence-electron chi connectivity index (χ2n) is 15.5. The van der Waals surface area contributed by atoms with Crippen LogP contribution >= 0.6 is 15.9 Å². The highest BCUT2D eigenvalue weighted by Crippen LogP contribution is 2.20. The highest BCUT2D eigenvalue weighted by Gasteiger charge is 2.24. The molecular formula is C41H66BrN9O4. The minimum atomic E-state index is -0.444. The molecule has 3 aromatic heterocycles. The maximum absolute atomic E-state index is 11.7. The molecule has 6 rings (SSSR count). The fourth-order valence-corrected chi connectivity index (χ4v) is 6.05. The van der Waals surface area contributed by atoms with Crippen LogP contribution in [-0.2, 0) is 9.47 Å². The number of alkyl carbamates (subject to hydrolysis) is 2. The minimum Gasteiger partial charge on any atom is -0.444 e. The average Bonchev–Trinajstić information content (AvgIpc) is 3.13. The molecule has 0 radical (unpaired) electrons. The molecule has 3 aliphatic rings. The molecule has 306 valence electrons. The van der Waals surface area contributed by atoms with Gasteiger partial charge in [0.05, 0.1) is 23.8 Å². The molecular weight excluding hydrogens is 762 g/mol. The summed E-state index contributed by atoms with van der Waals surface area (Å²) in [5, 5.41) is 9.06. The number of anilines is 2. The van der Waals surface area contributed by atoms with Crippen LogP contribution in [-0.4, -0.2) is 95.7 Å². The number of hydrogen-bond donors (Lipinski definition) is 4. The first kappa shape index (κ1) is 47.1. The van der Waals surface area contributed by atoms with Crippen LogP contribution in [0.4, 0.5) is 21.0 Å². The number of carbonyl (C=O) groups is 2. The molecule has 0 unspecified atom stereocenters. The standard InChI is InChI=1S/C15H23N3O2.C10H15N3.C10H20N2O2.C5H4BrN.CH4/c1-15(2,3)20-14(19)17-12-6-9-18(10-7-12)13-5-4-8-16-11-13;11-9-3-6-13(7-4-9)10-2-1-5-12-8-10;1-10(2,3)14-9(13)12-8-4-6-11-7-5-8;6-5-2-1-3-7-4-5;/h4-5,8,11-12H,6-7,9-10H2,1-3H3,(H,17,19);1-2,5,8-9H,3-4,6-7,11H2;8,11H,4-7H2,1-3H3,(H,12,13);1-4H;1H4. The summed E-state index contributed by atoms with van der Waals surface area (Å²) in [4.78, 5) is 39.8. The Labute approximate surface area is 338 Å². The van der Waals surface area contributed by atoms with E-state index in [0.29, 0.717) is 6.04 Å². The summed E-state index contributed by atoms with van der Waals surface area (Å²) in [6.07, 6.45) is 16.2. The van der Waals surface area contributed by atoms with Crippen molar-refractivity contribution in [1.82, 2.24) is 30.9 Å². The number of carbonyl (C=O) groups excluding carboxylic acids is 2. The number of ether oxygens (including phenoxy) is 2. The van der Waals surface area contributed by atoms with Crippen molar-refractivity contribution < 1.29 is 19.1 Å². The number of piperidine rings is 3. The van der Waals surface area contributed by atoms with Gasteiger partial charge in [0.15, 0.2) is 0 Å². The third kappa shape index (κ3) is 21.0. The Morgan fingerprint density at radius 2 is 1.09 bits per heavy atom. The van der Waals surface area contributed by atoms with Gasteiger partial charge in [0.2, 0.25) is 0 Å². The third-order valence-electron chi connectivity index (χ3n) is 8.46. The number of nitrogens with one attached hydrogen (secondary N) is 3. The molecule has 3 aromatic rings. The van der Waals surface area contributed by atoms with Crippen molar-refractivity contribution in [2.75, 3.05) is 49.1 Å². The third-order valence-corrected chi connectivity index (χ3v) is 8.93. The molecule has 5 N–H and O–H groups in total. The summed E-state index contributed by atoms with van der Waals surface area (Å²) in [5.74, 6) is 0. The van der Waals surface area contributed by atoms with E-state index in [1.54, 1.807) is 24.8 Å². The number of aromatic nitrogens is 3. The number of pyridine rings is 3. The van der Waals surface area contributed by atoms with Gasteiger partial charge in [-0.05, 0) is 145 Å². The first-order valence-corrected chi connectivity index (χ1v) is 19.8. The number of nitrogens with two attached hydrogens (primary N) is 1. The van der Waals surface area contributed by atoms with Crippen LogP contribution in [0.15, 0.2) is 78.1 Å². The predicted molar refractivity (Wildman–Crippen MR) is 226 cm³/mol. The second kappa shape index (κ2) is 24.5. The predicted octanol–water partition coefficient (Wildman–Crippen LogP) is 7.33. The van der Waals surface area contributed by atoms with E-state index < -0.39 is 11.2 Å². The van der Waals surface area contributed by atoms with E-state index >= 15 is 0 Å². The number of rotatable bonds is 4. The zero-order valence-electron chi connectivity index (χ0n) is 33.0. The van der Waals surface area contributed by atoms with Crippen LogP contribution in [0.5, 0.6) is 0 Å². The molecule has 13 nitrogen and oxygen atoms in total. The SMILES string of the molecule is Brc1cccnc1.C.CC(C)(C)OC(=O)NC1CCN(c2cccnc2)CC1.CC(C)(C)OC(=O)NC1CCNCC1.NC1CCN(c2cccnc2)CC1. The lowest BCUT2D eigenvalue weighted by molar-refractivity contribution is 0.0484. The molecule has 0 atom stereocenters. The zero-order chi connectivity index (χ0) is 39.4. The van der Waals surface area contributed by atoms with E-state index in [1.165, 1.54) is 5.69 Å². The van der Waals surface area contributed by atoms with Gasteiger partial charge in [-0.1, -0.05) is 7.43 Å². The van der Waals surface area contributed by atoms with Crippen LogP contribution in [0.3, 0.4) is 0 Å². The lowest BCUT2D eigenvalue weighted by Crippen LogP contribution is -2.46. The van der Waals surface area contributed by atoms with Crippen molar-refractivity contribution >= 4 is 39.5 Å². The molecule has 0 aromatic carbocycles. The zero-order valence-corrected chi connectivity index (χ0v) is 34.6. The largest absolute Gasteiger partial charge is 0.444 e. The van der Waals surface area contributed by atoms with Crippen molar-refractivity contribution in [1.29, 1.82) is 0 Å². The Bertz CT molecular complexity index is 1460. The maximum atomic E-state index is 11.7. The van der Waals surface area contributed by atoms with E-state index in [-0.39, 0.29) is 31.7 Å². The van der Waals surface area contributed by atoms with E-state index in [1.807, 2.05) is 78.2 Å². The lowest BCUT2D eigenvalue weighted by atomic mass is 10.0. The number of halogens is 1. The van der Waals surface area contributed by atoms with Gasteiger partial charge >= 0.3 is 12.2 Å². The highest BCUT2D eigenvalue weighted by molar-refractivity contribution is 9.10. The molecule has 0 aliphatic carbocycles. The smallest absolute Gasteiger partial charge is 0.407 e. The average molecular weight is 829 g/mol. The first-order chi connectivity index (χ1) is 25.7. The number of nitrogens with zero attached hydrogens (tertiary/aromatic N) is 5. The molecule has 2 amide bonds. The number of hydrogen-bond acceptors (Lipinski definition) is 11. The van der Waals surface area contributed by atoms with E-state index in [2.05, 4.69) is 68.8 Å². The van der Waals surface area contributed by atoms with E-state index in [0.717, 1.165) is 88.0 Å². The molecule has 55 heavy (non-hydrogen) atoms. The molecule has 3 fully saturated rings. The fourth-order valence-electron chi connectivity index (χ4n) is 5.78. The Hall–Kier alpha value is -4.01. The van der Waals surface area contributed by atoms with Crippen LogP contribution in [0.1, 0.15) is 87.5 Å². The van der Waals surface area contributed by atoms with Gasteiger partial charge in [-0.3, -0.25) is 15.0 Å². The summed E-state index contributed by atoms with van der Waals surface area (Å²) in [6, 6.07) is 12.8.